The zero-order valence-electron chi connectivity index (χ0n) is 7.60. The minimum atomic E-state index is -3.97. The van der Waals surface area contributed by atoms with E-state index in [9.17, 15) is 13.6 Å². The van der Waals surface area contributed by atoms with Crippen molar-refractivity contribution in [2.75, 3.05) is 33.5 Å². The third-order valence-electron chi connectivity index (χ3n) is 1.12. The maximum absolute atomic E-state index is 12.0. The van der Waals surface area contributed by atoms with Gasteiger partial charge in [-0.1, -0.05) is 0 Å². The summed E-state index contributed by atoms with van der Waals surface area (Å²) < 4.78 is 37.5. The number of rotatable bonds is 7. The molecular formula is C7H11ClF2O4. The Morgan fingerprint density at radius 1 is 1.29 bits per heavy atom. The van der Waals surface area contributed by atoms with Crippen LogP contribution in [0.2, 0.25) is 0 Å². The van der Waals surface area contributed by atoms with E-state index in [1.165, 1.54) is 7.11 Å². The van der Waals surface area contributed by atoms with E-state index in [2.05, 4.69) is 21.1 Å². The highest BCUT2D eigenvalue weighted by atomic mass is 35.5. The van der Waals surface area contributed by atoms with E-state index in [-0.39, 0.29) is 13.2 Å². The SMILES string of the molecule is COCCOCCOC(=O)C(F)(F)Cl. The Balaban J connectivity index is 3.33. The summed E-state index contributed by atoms with van der Waals surface area (Å²) in [7, 11) is 1.50. The van der Waals surface area contributed by atoms with Crippen molar-refractivity contribution in [3.8, 4) is 0 Å². The van der Waals surface area contributed by atoms with E-state index in [0.29, 0.717) is 13.2 Å². The zero-order chi connectivity index (χ0) is 11.0. The molecule has 84 valence electrons. The molecule has 7 heteroatoms. The molecule has 0 aliphatic heterocycles. The fourth-order valence-corrected chi connectivity index (χ4v) is 0.574. The molecule has 14 heavy (non-hydrogen) atoms. The van der Waals surface area contributed by atoms with E-state index < -0.39 is 11.4 Å². The van der Waals surface area contributed by atoms with Gasteiger partial charge in [-0.2, -0.15) is 8.78 Å². The Kier molecular flexibility index (Phi) is 6.69. The normalized spacial score (nSPS) is 11.4. The molecule has 0 saturated heterocycles. The molecule has 0 saturated carbocycles. The van der Waals surface area contributed by atoms with Gasteiger partial charge >= 0.3 is 11.4 Å². The third-order valence-corrected chi connectivity index (χ3v) is 1.28. The lowest BCUT2D eigenvalue weighted by atomic mass is 10.7. The van der Waals surface area contributed by atoms with E-state index in [1.54, 1.807) is 0 Å². The van der Waals surface area contributed by atoms with Gasteiger partial charge in [0.15, 0.2) is 0 Å². The Hall–Kier alpha value is -0.460. The molecule has 0 bridgehead atoms. The van der Waals surface area contributed by atoms with Gasteiger partial charge in [0, 0.05) is 7.11 Å². The van der Waals surface area contributed by atoms with Crippen molar-refractivity contribution in [2.45, 2.75) is 5.38 Å². The summed E-state index contributed by atoms with van der Waals surface area (Å²) in [4.78, 5) is 10.4. The van der Waals surface area contributed by atoms with E-state index >= 15 is 0 Å². The number of carbonyl (C=O) groups is 1. The van der Waals surface area contributed by atoms with Crippen LogP contribution < -0.4 is 0 Å². The summed E-state index contributed by atoms with van der Waals surface area (Å²) in [6.07, 6.45) is 0. The molecule has 0 amide bonds. The molecule has 4 nitrogen and oxygen atoms in total. The Bertz CT molecular complexity index is 172. The minimum absolute atomic E-state index is 0.0298. The first kappa shape index (κ1) is 13.5. The molecule has 0 N–H and O–H groups in total. The van der Waals surface area contributed by atoms with Gasteiger partial charge in [0.05, 0.1) is 19.8 Å². The molecule has 0 aromatic rings. The quantitative estimate of drug-likeness (QED) is 0.374. The van der Waals surface area contributed by atoms with Crippen molar-refractivity contribution in [3.63, 3.8) is 0 Å². The summed E-state index contributed by atoms with van der Waals surface area (Å²) in [5, 5.41) is -3.97. The highest BCUT2D eigenvalue weighted by Gasteiger charge is 2.37. The molecule has 0 radical (unpaired) electrons. The first-order chi connectivity index (χ1) is 6.48. The zero-order valence-corrected chi connectivity index (χ0v) is 8.35. The van der Waals surface area contributed by atoms with Crippen LogP contribution in [0.4, 0.5) is 8.78 Å². The number of alkyl halides is 3. The number of methoxy groups -OCH3 is 1. The number of hydrogen-bond donors (Lipinski definition) is 0. The summed E-state index contributed by atoms with van der Waals surface area (Å²) in [6, 6.07) is 0. The summed E-state index contributed by atoms with van der Waals surface area (Å²) in [5.41, 5.74) is 0. The first-order valence-corrected chi connectivity index (χ1v) is 4.17. The van der Waals surface area contributed by atoms with Crippen LogP contribution in [0, 0.1) is 0 Å². The van der Waals surface area contributed by atoms with Crippen molar-refractivity contribution in [2.24, 2.45) is 0 Å². The van der Waals surface area contributed by atoms with E-state index in [0.717, 1.165) is 0 Å². The third kappa shape index (κ3) is 6.99. The van der Waals surface area contributed by atoms with Gasteiger partial charge in [0.1, 0.15) is 6.61 Å². The fourth-order valence-electron chi connectivity index (χ4n) is 0.519. The van der Waals surface area contributed by atoms with Gasteiger partial charge in [0.2, 0.25) is 0 Å². The lowest BCUT2D eigenvalue weighted by molar-refractivity contribution is -0.162. The maximum Gasteiger partial charge on any atom is 0.417 e. The number of esters is 1. The molecule has 0 aliphatic carbocycles. The van der Waals surface area contributed by atoms with Crippen LogP contribution in [0.3, 0.4) is 0 Å². The fraction of sp³-hybridized carbons (Fsp3) is 0.857. The van der Waals surface area contributed by atoms with Crippen molar-refractivity contribution in [1.82, 2.24) is 0 Å². The number of ether oxygens (including phenoxy) is 3. The molecule has 0 unspecified atom stereocenters. The monoisotopic (exact) mass is 232 g/mol. The van der Waals surface area contributed by atoms with Crippen molar-refractivity contribution < 1.29 is 27.8 Å². The summed E-state index contributed by atoms with van der Waals surface area (Å²) in [6.45, 7) is 0.470. The average Bonchev–Trinajstić information content (AvgIpc) is 2.09. The summed E-state index contributed by atoms with van der Waals surface area (Å²) in [5.74, 6) is -1.77. The van der Waals surface area contributed by atoms with Crippen LogP contribution in [0.5, 0.6) is 0 Å². The Labute approximate surface area is 85.1 Å². The average molecular weight is 233 g/mol. The second-order valence-corrected chi connectivity index (χ2v) is 2.71. The van der Waals surface area contributed by atoms with Gasteiger partial charge in [-0.25, -0.2) is 4.79 Å². The Morgan fingerprint density at radius 2 is 1.86 bits per heavy atom. The van der Waals surface area contributed by atoms with Gasteiger partial charge in [0.25, 0.3) is 0 Å². The maximum atomic E-state index is 12.0. The number of halogens is 3. The standard InChI is InChI=1S/C7H11ClF2O4/c1-12-2-3-13-4-5-14-6(11)7(8,9)10/h2-5H2,1H3. The van der Waals surface area contributed by atoms with Crippen LogP contribution >= 0.6 is 11.6 Å². The molecule has 0 heterocycles. The molecule has 0 aliphatic rings. The van der Waals surface area contributed by atoms with Crippen LogP contribution in [0.15, 0.2) is 0 Å². The molecular weight excluding hydrogens is 222 g/mol. The highest BCUT2D eigenvalue weighted by Crippen LogP contribution is 2.19. The lowest BCUT2D eigenvalue weighted by Gasteiger charge is -2.08. The van der Waals surface area contributed by atoms with Crippen molar-refractivity contribution >= 4 is 17.6 Å². The highest BCUT2D eigenvalue weighted by molar-refractivity contribution is 6.31. The van der Waals surface area contributed by atoms with Crippen LogP contribution in [0.25, 0.3) is 0 Å². The van der Waals surface area contributed by atoms with Crippen LogP contribution in [-0.2, 0) is 19.0 Å². The van der Waals surface area contributed by atoms with Crippen LogP contribution in [-0.4, -0.2) is 44.9 Å². The second kappa shape index (κ2) is 6.92. The lowest BCUT2D eigenvalue weighted by Crippen LogP contribution is -2.25. The molecule has 0 rings (SSSR count). The van der Waals surface area contributed by atoms with Gasteiger partial charge in [-0.3, -0.25) is 0 Å². The number of carbonyl (C=O) groups excluding carboxylic acids is 1. The van der Waals surface area contributed by atoms with Gasteiger partial charge in [-0.05, 0) is 11.6 Å². The topological polar surface area (TPSA) is 44.8 Å². The number of hydrogen-bond acceptors (Lipinski definition) is 4. The molecule has 0 aromatic carbocycles. The second-order valence-electron chi connectivity index (χ2n) is 2.24. The van der Waals surface area contributed by atoms with E-state index in [1.807, 2.05) is 0 Å². The van der Waals surface area contributed by atoms with Crippen LogP contribution in [0.1, 0.15) is 0 Å². The summed E-state index contributed by atoms with van der Waals surface area (Å²) >= 11 is 4.38. The Morgan fingerprint density at radius 3 is 2.36 bits per heavy atom. The molecule has 0 fully saturated rings. The van der Waals surface area contributed by atoms with Gasteiger partial charge < -0.3 is 14.2 Å². The minimum Gasteiger partial charge on any atom is -0.458 e. The largest absolute Gasteiger partial charge is 0.458 e. The predicted molar refractivity (Wildman–Crippen MR) is 44.5 cm³/mol. The molecule has 0 atom stereocenters. The van der Waals surface area contributed by atoms with E-state index in [4.69, 9.17) is 4.74 Å². The first-order valence-electron chi connectivity index (χ1n) is 3.79. The molecule has 0 spiro atoms. The van der Waals surface area contributed by atoms with Crippen molar-refractivity contribution in [1.29, 1.82) is 0 Å². The molecule has 0 aromatic heterocycles. The van der Waals surface area contributed by atoms with Crippen molar-refractivity contribution in [3.05, 3.63) is 0 Å². The smallest absolute Gasteiger partial charge is 0.417 e. The predicted octanol–water partition coefficient (Wildman–Crippen LogP) is 1.02. The van der Waals surface area contributed by atoms with Gasteiger partial charge in [-0.15, -0.1) is 0 Å².